The molecule has 2 N–H and O–H groups in total. The number of methoxy groups -OCH3 is 1. The van der Waals surface area contributed by atoms with Crippen LogP contribution in [0.4, 0.5) is 11.6 Å². The van der Waals surface area contributed by atoms with Crippen LogP contribution in [0.15, 0.2) is 6.33 Å². The van der Waals surface area contributed by atoms with Crippen molar-refractivity contribution in [3.63, 3.8) is 0 Å². The number of hydrogen-bond acceptors (Lipinski definition) is 5. The van der Waals surface area contributed by atoms with Gasteiger partial charge in [-0.25, -0.2) is 9.97 Å². The summed E-state index contributed by atoms with van der Waals surface area (Å²) in [6, 6.07) is 0. The maximum absolute atomic E-state index is 5.76. The second kappa shape index (κ2) is 4.55. The van der Waals surface area contributed by atoms with Crippen molar-refractivity contribution in [3.8, 4) is 5.75 Å². The average molecular weight is 222 g/mol. The highest BCUT2D eigenvalue weighted by Crippen LogP contribution is 2.32. The molecule has 0 amide bonds. The second-order valence-corrected chi connectivity index (χ2v) is 4.29. The number of anilines is 2. The van der Waals surface area contributed by atoms with Gasteiger partial charge in [-0.1, -0.05) is 6.92 Å². The van der Waals surface area contributed by atoms with Gasteiger partial charge in [0, 0.05) is 13.1 Å². The van der Waals surface area contributed by atoms with Crippen LogP contribution in [-0.2, 0) is 0 Å². The first-order valence-electron chi connectivity index (χ1n) is 5.61. The molecule has 0 radical (unpaired) electrons. The normalized spacial score (nSPS) is 17.5. The molecule has 1 saturated heterocycles. The molecule has 5 heteroatoms. The van der Waals surface area contributed by atoms with E-state index in [-0.39, 0.29) is 0 Å². The highest BCUT2D eigenvalue weighted by Gasteiger charge is 2.21. The van der Waals surface area contributed by atoms with E-state index in [2.05, 4.69) is 21.8 Å². The van der Waals surface area contributed by atoms with Crippen LogP contribution in [0.5, 0.6) is 5.75 Å². The Hall–Kier alpha value is -1.52. The molecule has 0 aromatic carbocycles. The molecule has 0 saturated carbocycles. The van der Waals surface area contributed by atoms with E-state index in [4.69, 9.17) is 10.5 Å². The third kappa shape index (κ3) is 2.03. The minimum atomic E-state index is 0.408. The van der Waals surface area contributed by atoms with Gasteiger partial charge in [-0.3, -0.25) is 0 Å². The second-order valence-electron chi connectivity index (χ2n) is 4.29. The van der Waals surface area contributed by atoms with Gasteiger partial charge in [0.2, 0.25) is 5.75 Å². The minimum absolute atomic E-state index is 0.408. The summed E-state index contributed by atoms with van der Waals surface area (Å²) in [6.45, 7) is 4.30. The number of nitrogens with zero attached hydrogens (tertiary/aromatic N) is 3. The van der Waals surface area contributed by atoms with Crippen molar-refractivity contribution in [2.45, 2.75) is 19.8 Å². The van der Waals surface area contributed by atoms with E-state index >= 15 is 0 Å². The molecule has 16 heavy (non-hydrogen) atoms. The Balaban J connectivity index is 2.23. The van der Waals surface area contributed by atoms with Gasteiger partial charge in [-0.2, -0.15) is 0 Å². The lowest BCUT2D eigenvalue weighted by molar-refractivity contribution is 0.401. The van der Waals surface area contributed by atoms with Gasteiger partial charge < -0.3 is 15.4 Å². The van der Waals surface area contributed by atoms with Gasteiger partial charge in [-0.05, 0) is 18.8 Å². The Morgan fingerprint density at radius 2 is 2.06 bits per heavy atom. The molecule has 1 aliphatic heterocycles. The molecule has 0 bridgehead atoms. The molecule has 1 aliphatic rings. The quantitative estimate of drug-likeness (QED) is 0.817. The molecule has 2 heterocycles. The molecular weight excluding hydrogens is 204 g/mol. The van der Waals surface area contributed by atoms with Crippen LogP contribution >= 0.6 is 0 Å². The number of ether oxygens (including phenoxy) is 1. The van der Waals surface area contributed by atoms with Crippen molar-refractivity contribution in [1.82, 2.24) is 9.97 Å². The van der Waals surface area contributed by atoms with Gasteiger partial charge in [0.1, 0.15) is 6.33 Å². The van der Waals surface area contributed by atoms with E-state index in [9.17, 15) is 0 Å². The molecule has 1 aromatic heterocycles. The summed E-state index contributed by atoms with van der Waals surface area (Å²) in [6.07, 6.45) is 3.87. The van der Waals surface area contributed by atoms with E-state index < -0.39 is 0 Å². The monoisotopic (exact) mass is 222 g/mol. The van der Waals surface area contributed by atoms with Crippen LogP contribution in [-0.4, -0.2) is 30.2 Å². The maximum atomic E-state index is 5.76. The Bertz CT molecular complexity index is 361. The number of aromatic nitrogens is 2. The highest BCUT2D eigenvalue weighted by molar-refractivity contribution is 5.62. The molecule has 0 spiro atoms. The minimum Gasteiger partial charge on any atom is -0.490 e. The van der Waals surface area contributed by atoms with Gasteiger partial charge in [-0.15, -0.1) is 0 Å². The Morgan fingerprint density at radius 1 is 1.38 bits per heavy atom. The Kier molecular flexibility index (Phi) is 3.12. The maximum Gasteiger partial charge on any atom is 0.204 e. The largest absolute Gasteiger partial charge is 0.490 e. The molecule has 0 unspecified atom stereocenters. The molecular formula is C11H18N4O. The summed E-state index contributed by atoms with van der Waals surface area (Å²) in [5.41, 5.74) is 5.76. The number of nitrogen functional groups attached to an aromatic ring is 1. The van der Waals surface area contributed by atoms with Crippen molar-refractivity contribution < 1.29 is 4.74 Å². The van der Waals surface area contributed by atoms with Crippen molar-refractivity contribution in [1.29, 1.82) is 0 Å². The van der Waals surface area contributed by atoms with Gasteiger partial charge >= 0.3 is 0 Å². The fourth-order valence-electron chi connectivity index (χ4n) is 2.02. The van der Waals surface area contributed by atoms with Gasteiger partial charge in [0.25, 0.3) is 0 Å². The van der Waals surface area contributed by atoms with Crippen LogP contribution < -0.4 is 15.4 Å². The number of piperidine rings is 1. The van der Waals surface area contributed by atoms with Crippen molar-refractivity contribution >= 4 is 11.6 Å². The van der Waals surface area contributed by atoms with E-state index in [1.807, 2.05) is 0 Å². The summed E-state index contributed by atoms with van der Waals surface area (Å²) in [5.74, 6) is 2.62. The predicted octanol–water partition coefficient (Wildman–Crippen LogP) is 1.30. The molecule has 0 aliphatic carbocycles. The SMILES string of the molecule is COc1c(N)ncnc1N1CCC(C)CC1. The summed E-state index contributed by atoms with van der Waals surface area (Å²) >= 11 is 0. The van der Waals surface area contributed by atoms with Gasteiger partial charge in [0.05, 0.1) is 7.11 Å². The lowest BCUT2D eigenvalue weighted by Crippen LogP contribution is -2.33. The average Bonchev–Trinajstić information content (AvgIpc) is 2.30. The first kappa shape index (κ1) is 11.0. The summed E-state index contributed by atoms with van der Waals surface area (Å²) in [5, 5.41) is 0. The fourth-order valence-corrected chi connectivity index (χ4v) is 2.02. The Labute approximate surface area is 95.6 Å². The van der Waals surface area contributed by atoms with E-state index in [1.165, 1.54) is 19.2 Å². The van der Waals surface area contributed by atoms with Crippen LogP contribution in [0.25, 0.3) is 0 Å². The number of nitrogens with two attached hydrogens (primary N) is 1. The highest BCUT2D eigenvalue weighted by atomic mass is 16.5. The smallest absolute Gasteiger partial charge is 0.204 e. The summed E-state index contributed by atoms with van der Waals surface area (Å²) in [7, 11) is 1.60. The third-order valence-electron chi connectivity index (χ3n) is 3.10. The van der Waals surface area contributed by atoms with E-state index in [0.717, 1.165) is 24.8 Å². The molecule has 88 valence electrons. The molecule has 2 rings (SSSR count). The van der Waals surface area contributed by atoms with Crippen LogP contribution in [0, 0.1) is 5.92 Å². The van der Waals surface area contributed by atoms with Crippen molar-refractivity contribution in [2.75, 3.05) is 30.8 Å². The molecule has 5 nitrogen and oxygen atoms in total. The standard InChI is InChI=1S/C11H18N4O/c1-8-3-5-15(6-4-8)11-9(16-2)10(12)13-7-14-11/h7-8H,3-6H2,1-2H3,(H2,12,13,14). The van der Waals surface area contributed by atoms with Crippen molar-refractivity contribution in [3.05, 3.63) is 6.33 Å². The predicted molar refractivity (Wildman–Crippen MR) is 63.6 cm³/mol. The summed E-state index contributed by atoms with van der Waals surface area (Å²) < 4.78 is 5.26. The lowest BCUT2D eigenvalue weighted by atomic mass is 9.99. The Morgan fingerprint density at radius 3 is 2.69 bits per heavy atom. The molecule has 0 atom stereocenters. The van der Waals surface area contributed by atoms with Crippen LogP contribution in [0.1, 0.15) is 19.8 Å². The molecule has 1 fully saturated rings. The summed E-state index contributed by atoms with van der Waals surface area (Å²) in [4.78, 5) is 10.4. The first-order valence-corrected chi connectivity index (χ1v) is 5.61. The third-order valence-corrected chi connectivity index (χ3v) is 3.10. The number of rotatable bonds is 2. The first-order chi connectivity index (χ1) is 7.72. The van der Waals surface area contributed by atoms with Crippen LogP contribution in [0.3, 0.4) is 0 Å². The number of hydrogen-bond donors (Lipinski definition) is 1. The topological polar surface area (TPSA) is 64.3 Å². The van der Waals surface area contributed by atoms with Crippen LogP contribution in [0.2, 0.25) is 0 Å². The van der Waals surface area contributed by atoms with Gasteiger partial charge in [0.15, 0.2) is 11.6 Å². The lowest BCUT2D eigenvalue weighted by Gasteiger charge is -2.31. The fraction of sp³-hybridized carbons (Fsp3) is 0.636. The zero-order valence-corrected chi connectivity index (χ0v) is 9.81. The van der Waals surface area contributed by atoms with E-state index in [1.54, 1.807) is 7.11 Å². The van der Waals surface area contributed by atoms with E-state index in [0.29, 0.717) is 11.6 Å². The zero-order valence-electron chi connectivity index (χ0n) is 9.81. The van der Waals surface area contributed by atoms with Crippen molar-refractivity contribution in [2.24, 2.45) is 5.92 Å². The zero-order chi connectivity index (χ0) is 11.5. The molecule has 1 aromatic rings.